The summed E-state index contributed by atoms with van der Waals surface area (Å²) in [5, 5.41) is 1.08. The van der Waals surface area contributed by atoms with Crippen molar-refractivity contribution in [1.29, 1.82) is 0 Å². The van der Waals surface area contributed by atoms with Crippen LogP contribution in [0.5, 0.6) is 0 Å². The number of hydrogen-bond acceptors (Lipinski definition) is 8. The van der Waals surface area contributed by atoms with Crippen molar-refractivity contribution in [3.05, 3.63) is 70.7 Å². The zero-order chi connectivity index (χ0) is 27.9. The molecule has 0 aliphatic carbocycles. The van der Waals surface area contributed by atoms with Gasteiger partial charge in [0, 0.05) is 43.0 Å². The van der Waals surface area contributed by atoms with Crippen LogP contribution in [0.3, 0.4) is 0 Å². The molecule has 0 bridgehead atoms. The molecule has 0 N–H and O–H groups in total. The summed E-state index contributed by atoms with van der Waals surface area (Å²) in [6.45, 7) is 7.68. The summed E-state index contributed by atoms with van der Waals surface area (Å²) in [7, 11) is -2.09. The fraction of sp³-hybridized carbons (Fsp3) is 0.345. The fourth-order valence-corrected chi connectivity index (χ4v) is 5.72. The maximum atomic E-state index is 12.6. The lowest BCUT2D eigenvalue weighted by Crippen LogP contribution is -2.30. The van der Waals surface area contributed by atoms with Gasteiger partial charge in [0.15, 0.2) is 0 Å². The number of ether oxygens (including phenoxy) is 1. The minimum Gasteiger partial charge on any atom is -0.469 e. The van der Waals surface area contributed by atoms with Crippen molar-refractivity contribution < 1.29 is 22.1 Å². The molecular weight excluding hydrogens is 516 g/mol. The molecule has 9 nitrogen and oxygen atoms in total. The van der Waals surface area contributed by atoms with Gasteiger partial charge in [-0.2, -0.15) is 8.42 Å². The Kier molecular flexibility index (Phi) is 7.17. The first-order valence-electron chi connectivity index (χ1n) is 12.8. The number of methoxy groups -OCH3 is 1. The Bertz CT molecular complexity index is 1660. The van der Waals surface area contributed by atoms with E-state index in [1.165, 1.54) is 12.7 Å². The van der Waals surface area contributed by atoms with E-state index in [9.17, 15) is 13.2 Å². The van der Waals surface area contributed by atoms with Crippen LogP contribution in [0.1, 0.15) is 27.9 Å². The highest BCUT2D eigenvalue weighted by Gasteiger charge is 2.30. The molecule has 0 saturated carbocycles. The number of carbonyl (C=O) groups is 1. The third-order valence-corrected chi connectivity index (χ3v) is 7.83. The first kappa shape index (κ1) is 26.8. The van der Waals surface area contributed by atoms with Crippen molar-refractivity contribution in [2.24, 2.45) is 0 Å². The lowest BCUT2D eigenvalue weighted by Gasteiger charge is -2.33. The lowest BCUT2D eigenvalue weighted by molar-refractivity contribution is -0.139. The molecule has 204 valence electrons. The van der Waals surface area contributed by atoms with Crippen LogP contribution in [-0.2, 0) is 43.2 Å². The van der Waals surface area contributed by atoms with Crippen molar-refractivity contribution in [3.63, 3.8) is 0 Å². The molecule has 1 aliphatic rings. The second kappa shape index (κ2) is 10.4. The van der Waals surface area contributed by atoms with Crippen molar-refractivity contribution in [3.8, 4) is 11.1 Å². The number of esters is 1. The molecule has 0 fully saturated rings. The van der Waals surface area contributed by atoms with E-state index in [-0.39, 0.29) is 19.0 Å². The molecule has 5 rings (SSSR count). The van der Waals surface area contributed by atoms with Crippen LogP contribution in [0, 0.1) is 20.8 Å². The quantitative estimate of drug-likeness (QED) is 0.236. The van der Waals surface area contributed by atoms with Gasteiger partial charge in [0.05, 0.1) is 37.6 Å². The summed E-state index contributed by atoms with van der Waals surface area (Å²) in [4.78, 5) is 24.0. The van der Waals surface area contributed by atoms with E-state index >= 15 is 0 Å². The van der Waals surface area contributed by atoms with E-state index in [0.717, 1.165) is 62.9 Å². The first-order valence-corrected chi connectivity index (χ1v) is 14.6. The van der Waals surface area contributed by atoms with E-state index in [2.05, 4.69) is 63.6 Å². The monoisotopic (exact) mass is 548 g/mol. The summed E-state index contributed by atoms with van der Waals surface area (Å²) in [5.74, 6) is 0.248. The Labute approximate surface area is 228 Å². The highest BCUT2D eigenvalue weighted by atomic mass is 32.2. The van der Waals surface area contributed by atoms with Crippen LogP contribution in [0.15, 0.2) is 42.7 Å². The van der Waals surface area contributed by atoms with Crippen molar-refractivity contribution in [1.82, 2.24) is 14.5 Å². The number of rotatable bonds is 8. The van der Waals surface area contributed by atoms with Crippen LogP contribution in [0.25, 0.3) is 22.0 Å². The van der Waals surface area contributed by atoms with Gasteiger partial charge in [-0.05, 0) is 54.7 Å². The standard InChI is InChI=1S/C29H32N4O5S/c1-18-6-8-22(9-7-18)26-23(15-25(34)37-4)20(3)27-28-24(26)14-19(2)32(28)11-12-33(27)29-30-16-21(17-31-29)10-13-38-39(5,35)36/h6-9,14,16-17H,10-13,15H2,1-5H3. The summed E-state index contributed by atoms with van der Waals surface area (Å²) in [6, 6.07) is 10.6. The molecule has 2 aromatic carbocycles. The molecule has 0 atom stereocenters. The molecule has 0 saturated heterocycles. The normalized spacial score (nSPS) is 13.2. The molecule has 10 heteroatoms. The van der Waals surface area contributed by atoms with E-state index in [0.29, 0.717) is 18.9 Å². The molecule has 0 spiro atoms. The SMILES string of the molecule is COC(=O)Cc1c(C)c2c3c(cc(C)n3CCN2c2ncc(CCOS(C)(=O)=O)cn2)c1-c1ccc(C)cc1. The molecule has 1 aliphatic heterocycles. The Balaban J connectivity index is 1.64. The van der Waals surface area contributed by atoms with Crippen LogP contribution >= 0.6 is 0 Å². The maximum Gasteiger partial charge on any atom is 0.310 e. The number of carbonyl (C=O) groups excluding carboxylic acids is 1. The van der Waals surface area contributed by atoms with Crippen molar-refractivity contribution >= 4 is 38.6 Å². The molecule has 4 aromatic rings. The molecule has 2 aromatic heterocycles. The Morgan fingerprint density at radius 1 is 1.05 bits per heavy atom. The minimum absolute atomic E-state index is 0.0368. The minimum atomic E-state index is -3.50. The summed E-state index contributed by atoms with van der Waals surface area (Å²) >= 11 is 0. The smallest absolute Gasteiger partial charge is 0.310 e. The topological polar surface area (TPSA) is 104 Å². The van der Waals surface area contributed by atoms with Gasteiger partial charge >= 0.3 is 5.97 Å². The van der Waals surface area contributed by atoms with Gasteiger partial charge in [0.2, 0.25) is 5.95 Å². The molecule has 0 unspecified atom stereocenters. The van der Waals surface area contributed by atoms with E-state index in [1.807, 2.05) is 6.92 Å². The van der Waals surface area contributed by atoms with Crippen LogP contribution in [-0.4, -0.2) is 55.4 Å². The fourth-order valence-electron chi connectivity index (χ4n) is 5.34. The van der Waals surface area contributed by atoms with Crippen molar-refractivity contribution in [2.45, 2.75) is 40.2 Å². The zero-order valence-electron chi connectivity index (χ0n) is 22.8. The van der Waals surface area contributed by atoms with Crippen molar-refractivity contribution in [2.75, 3.05) is 31.4 Å². The number of hydrogen-bond donors (Lipinski definition) is 0. The van der Waals surface area contributed by atoms with Gasteiger partial charge in [-0.1, -0.05) is 29.8 Å². The van der Waals surface area contributed by atoms with Gasteiger partial charge in [-0.25, -0.2) is 9.97 Å². The van der Waals surface area contributed by atoms with Gasteiger partial charge in [-0.15, -0.1) is 0 Å². The Hall–Kier alpha value is -3.76. The number of aromatic nitrogens is 3. The maximum absolute atomic E-state index is 12.6. The van der Waals surface area contributed by atoms with E-state index in [4.69, 9.17) is 8.92 Å². The summed E-state index contributed by atoms with van der Waals surface area (Å²) in [5.41, 5.74) is 9.17. The third kappa shape index (κ3) is 5.26. The second-order valence-corrected chi connectivity index (χ2v) is 11.6. The molecule has 0 radical (unpaired) electrons. The average molecular weight is 549 g/mol. The van der Waals surface area contributed by atoms with Gasteiger partial charge in [0.1, 0.15) is 0 Å². The first-order chi connectivity index (χ1) is 18.6. The Morgan fingerprint density at radius 3 is 2.38 bits per heavy atom. The highest BCUT2D eigenvalue weighted by Crippen LogP contribution is 2.46. The van der Waals surface area contributed by atoms with Crippen LogP contribution < -0.4 is 4.90 Å². The Morgan fingerprint density at radius 2 is 1.74 bits per heavy atom. The number of benzene rings is 2. The zero-order valence-corrected chi connectivity index (χ0v) is 23.6. The molecular formula is C29H32N4O5S. The average Bonchev–Trinajstić information content (AvgIpc) is 3.23. The van der Waals surface area contributed by atoms with Gasteiger partial charge < -0.3 is 14.2 Å². The van der Waals surface area contributed by atoms with Crippen LogP contribution in [0.4, 0.5) is 11.6 Å². The summed E-state index contributed by atoms with van der Waals surface area (Å²) in [6.07, 6.45) is 4.97. The molecule has 39 heavy (non-hydrogen) atoms. The molecule has 0 amide bonds. The van der Waals surface area contributed by atoms with E-state index < -0.39 is 10.1 Å². The molecule has 3 heterocycles. The second-order valence-electron chi connectivity index (χ2n) is 9.96. The number of aryl methyl sites for hydroxylation is 2. The predicted octanol–water partition coefficient (Wildman–Crippen LogP) is 4.41. The van der Waals surface area contributed by atoms with E-state index in [1.54, 1.807) is 12.4 Å². The summed E-state index contributed by atoms with van der Waals surface area (Å²) < 4.78 is 34.8. The van der Waals surface area contributed by atoms with Gasteiger partial charge in [-0.3, -0.25) is 8.98 Å². The number of anilines is 2. The third-order valence-electron chi connectivity index (χ3n) is 7.23. The highest BCUT2D eigenvalue weighted by molar-refractivity contribution is 7.85. The predicted molar refractivity (Wildman–Crippen MR) is 151 cm³/mol. The van der Waals surface area contributed by atoms with Gasteiger partial charge in [0.25, 0.3) is 10.1 Å². The lowest BCUT2D eigenvalue weighted by atomic mass is 9.88. The van der Waals surface area contributed by atoms with Crippen LogP contribution in [0.2, 0.25) is 0 Å². The number of nitrogens with zero attached hydrogens (tertiary/aromatic N) is 4. The largest absolute Gasteiger partial charge is 0.469 e.